The van der Waals surface area contributed by atoms with Crippen LogP contribution in [0.15, 0.2) is 0 Å². The molecule has 3 rings (SSSR count). The van der Waals surface area contributed by atoms with E-state index in [0.717, 1.165) is 11.3 Å². The first-order chi connectivity index (χ1) is 4.83. The van der Waals surface area contributed by atoms with Gasteiger partial charge in [-0.05, 0) is 41.9 Å². The molecule has 0 heterocycles. The van der Waals surface area contributed by atoms with Crippen molar-refractivity contribution < 1.29 is 0 Å². The molecular weight excluding hydrogens is 120 g/mol. The van der Waals surface area contributed by atoms with Crippen LogP contribution in [0.4, 0.5) is 0 Å². The van der Waals surface area contributed by atoms with Gasteiger partial charge in [0, 0.05) is 0 Å². The first-order valence-electron chi connectivity index (χ1n) is 4.83. The molecule has 0 N–H and O–H groups in total. The molecule has 0 nitrogen and oxygen atoms in total. The van der Waals surface area contributed by atoms with Crippen LogP contribution in [0.25, 0.3) is 0 Å². The van der Waals surface area contributed by atoms with Crippen LogP contribution in [0, 0.1) is 29.1 Å². The van der Waals surface area contributed by atoms with Crippen LogP contribution < -0.4 is 0 Å². The van der Waals surface area contributed by atoms with E-state index >= 15 is 0 Å². The van der Waals surface area contributed by atoms with Crippen LogP contribution in [0.2, 0.25) is 0 Å². The highest BCUT2D eigenvalue weighted by Gasteiger charge is 2.83. The van der Waals surface area contributed by atoms with Crippen molar-refractivity contribution in [1.82, 2.24) is 0 Å². The average Bonchev–Trinajstić information content (AvgIpc) is 2.69. The molecule has 0 amide bonds. The van der Waals surface area contributed by atoms with E-state index in [1.807, 2.05) is 0 Å². The van der Waals surface area contributed by atoms with Crippen molar-refractivity contribution in [1.29, 1.82) is 0 Å². The Bertz CT molecular complexity index is 178. The SMILES string of the molecule is CCC1C2CCC3C(C)C312. The first kappa shape index (κ1) is 5.62. The van der Waals surface area contributed by atoms with Crippen LogP contribution in [0.3, 0.4) is 0 Å². The predicted octanol–water partition coefficient (Wildman–Crippen LogP) is 2.69. The van der Waals surface area contributed by atoms with Gasteiger partial charge in [-0.3, -0.25) is 0 Å². The minimum Gasteiger partial charge on any atom is -0.0651 e. The number of hydrogen-bond donors (Lipinski definition) is 0. The molecular formula is C10H16. The molecule has 3 saturated carbocycles. The zero-order valence-electron chi connectivity index (χ0n) is 6.93. The third-order valence-corrected chi connectivity index (χ3v) is 4.81. The lowest BCUT2D eigenvalue weighted by Gasteiger charge is -1.95. The van der Waals surface area contributed by atoms with E-state index in [1.165, 1.54) is 24.2 Å². The van der Waals surface area contributed by atoms with Crippen molar-refractivity contribution >= 4 is 0 Å². The second kappa shape index (κ2) is 1.31. The topological polar surface area (TPSA) is 0 Å². The molecule has 0 saturated heterocycles. The van der Waals surface area contributed by atoms with Crippen LogP contribution >= 0.6 is 0 Å². The lowest BCUT2D eigenvalue weighted by atomic mass is 10.1. The monoisotopic (exact) mass is 136 g/mol. The second-order valence-electron chi connectivity index (χ2n) is 4.59. The third-order valence-electron chi connectivity index (χ3n) is 4.81. The quantitative estimate of drug-likeness (QED) is 0.520. The van der Waals surface area contributed by atoms with Gasteiger partial charge in [0.2, 0.25) is 0 Å². The fraction of sp³-hybridized carbons (Fsp3) is 1.00. The average molecular weight is 136 g/mol. The van der Waals surface area contributed by atoms with Gasteiger partial charge in [-0.1, -0.05) is 20.3 Å². The van der Waals surface area contributed by atoms with Gasteiger partial charge < -0.3 is 0 Å². The van der Waals surface area contributed by atoms with E-state index in [-0.39, 0.29) is 0 Å². The van der Waals surface area contributed by atoms with E-state index in [9.17, 15) is 0 Å². The molecule has 5 atom stereocenters. The van der Waals surface area contributed by atoms with Crippen molar-refractivity contribution in [3.05, 3.63) is 0 Å². The third kappa shape index (κ3) is 0.320. The summed E-state index contributed by atoms with van der Waals surface area (Å²) in [4.78, 5) is 0. The standard InChI is InChI=1S/C10H16/c1-3-7-9-5-4-8-6(2)10(7,8)9/h6-9H,3-5H2,1-2H3. The number of rotatable bonds is 1. The molecule has 10 heavy (non-hydrogen) atoms. The molecule has 3 aliphatic carbocycles. The molecule has 0 heteroatoms. The van der Waals surface area contributed by atoms with E-state index in [2.05, 4.69) is 13.8 Å². The summed E-state index contributed by atoms with van der Waals surface area (Å²) < 4.78 is 0. The fourth-order valence-corrected chi connectivity index (χ4v) is 4.47. The molecule has 0 aromatic heterocycles. The fourth-order valence-electron chi connectivity index (χ4n) is 4.47. The van der Waals surface area contributed by atoms with Crippen LogP contribution in [0.5, 0.6) is 0 Å². The van der Waals surface area contributed by atoms with Crippen molar-refractivity contribution in [2.75, 3.05) is 0 Å². The van der Waals surface area contributed by atoms with E-state index in [1.54, 1.807) is 12.8 Å². The van der Waals surface area contributed by atoms with E-state index in [4.69, 9.17) is 0 Å². The maximum absolute atomic E-state index is 2.48. The zero-order chi connectivity index (χ0) is 6.93. The Morgan fingerprint density at radius 3 is 2.40 bits per heavy atom. The van der Waals surface area contributed by atoms with Gasteiger partial charge in [-0.25, -0.2) is 0 Å². The van der Waals surface area contributed by atoms with Crippen LogP contribution in [-0.4, -0.2) is 0 Å². The van der Waals surface area contributed by atoms with Gasteiger partial charge in [0.05, 0.1) is 0 Å². The molecule has 0 bridgehead atoms. The maximum Gasteiger partial charge on any atom is -0.0176 e. The normalized spacial score (nSPS) is 69.0. The Morgan fingerprint density at radius 1 is 1.30 bits per heavy atom. The maximum atomic E-state index is 2.48. The molecule has 3 aliphatic rings. The summed E-state index contributed by atoms with van der Waals surface area (Å²) in [6.07, 6.45) is 4.61. The highest BCUT2D eigenvalue weighted by Crippen LogP contribution is 2.88. The number of hydrogen-bond acceptors (Lipinski definition) is 0. The second-order valence-corrected chi connectivity index (χ2v) is 4.59. The predicted molar refractivity (Wildman–Crippen MR) is 41.6 cm³/mol. The Kier molecular flexibility index (Phi) is 0.735. The van der Waals surface area contributed by atoms with E-state index in [0.29, 0.717) is 0 Å². The Morgan fingerprint density at radius 2 is 2.00 bits per heavy atom. The summed E-state index contributed by atoms with van der Waals surface area (Å²) in [7, 11) is 0. The lowest BCUT2D eigenvalue weighted by molar-refractivity contribution is 0.559. The molecule has 56 valence electrons. The Balaban J connectivity index is 1.91. The molecule has 3 fully saturated rings. The zero-order valence-corrected chi connectivity index (χ0v) is 6.93. The summed E-state index contributed by atoms with van der Waals surface area (Å²) in [5.41, 5.74) is 0.953. The van der Waals surface area contributed by atoms with Gasteiger partial charge in [0.1, 0.15) is 0 Å². The highest BCUT2D eigenvalue weighted by molar-refractivity contribution is 5.30. The highest BCUT2D eigenvalue weighted by atomic mass is 14.9. The Hall–Kier alpha value is 0. The van der Waals surface area contributed by atoms with Crippen LogP contribution in [-0.2, 0) is 0 Å². The van der Waals surface area contributed by atoms with Gasteiger partial charge in [0.15, 0.2) is 0 Å². The summed E-state index contributed by atoms with van der Waals surface area (Å²) in [5, 5.41) is 0. The van der Waals surface area contributed by atoms with Crippen molar-refractivity contribution in [3.63, 3.8) is 0 Å². The lowest BCUT2D eigenvalue weighted by Crippen LogP contribution is -1.84. The van der Waals surface area contributed by atoms with Gasteiger partial charge in [-0.2, -0.15) is 0 Å². The van der Waals surface area contributed by atoms with Gasteiger partial charge in [-0.15, -0.1) is 0 Å². The van der Waals surface area contributed by atoms with Crippen molar-refractivity contribution in [3.8, 4) is 0 Å². The largest absolute Gasteiger partial charge is 0.0651 e. The minimum atomic E-state index is 0.953. The van der Waals surface area contributed by atoms with E-state index < -0.39 is 0 Å². The smallest absolute Gasteiger partial charge is 0.0176 e. The molecule has 0 aromatic carbocycles. The van der Waals surface area contributed by atoms with Gasteiger partial charge in [0.25, 0.3) is 0 Å². The van der Waals surface area contributed by atoms with Crippen LogP contribution in [0.1, 0.15) is 33.1 Å². The van der Waals surface area contributed by atoms with Crippen molar-refractivity contribution in [2.24, 2.45) is 29.1 Å². The van der Waals surface area contributed by atoms with Crippen molar-refractivity contribution in [2.45, 2.75) is 33.1 Å². The molecule has 0 radical (unpaired) electrons. The summed E-state index contributed by atoms with van der Waals surface area (Å²) in [6, 6.07) is 0. The summed E-state index contributed by atoms with van der Waals surface area (Å²) >= 11 is 0. The summed E-state index contributed by atoms with van der Waals surface area (Å²) in [5.74, 6) is 4.66. The molecule has 5 unspecified atom stereocenters. The minimum absolute atomic E-state index is 0.953. The molecule has 0 aliphatic heterocycles. The Labute approximate surface area is 63.0 Å². The molecule has 0 aromatic rings. The first-order valence-corrected chi connectivity index (χ1v) is 4.83. The van der Waals surface area contributed by atoms with Gasteiger partial charge >= 0.3 is 0 Å². The summed E-state index contributed by atoms with van der Waals surface area (Å²) in [6.45, 7) is 4.85. The molecule has 1 spiro atoms.